The Morgan fingerprint density at radius 2 is 2.00 bits per heavy atom. The van der Waals surface area contributed by atoms with Crippen LogP contribution in [0.4, 0.5) is 14.6 Å². The van der Waals surface area contributed by atoms with E-state index in [1.54, 1.807) is 23.6 Å². The van der Waals surface area contributed by atoms with Crippen LogP contribution in [-0.4, -0.2) is 50.9 Å². The molecule has 0 fully saturated rings. The average Bonchev–Trinajstić information content (AvgIpc) is 3.44. The quantitative estimate of drug-likeness (QED) is 0.323. The minimum absolute atomic E-state index is 0.0483. The van der Waals surface area contributed by atoms with Crippen molar-refractivity contribution in [1.29, 1.82) is 0 Å². The number of carboxylic acids is 1. The summed E-state index contributed by atoms with van der Waals surface area (Å²) >= 11 is 1.06. The highest BCUT2D eigenvalue weighted by atomic mass is 32.1. The molecule has 9 nitrogen and oxygen atoms in total. The second kappa shape index (κ2) is 10.2. The highest BCUT2D eigenvalue weighted by Crippen LogP contribution is 2.36. The maximum Gasteiger partial charge on any atom is 0.349 e. The lowest BCUT2D eigenvalue weighted by Crippen LogP contribution is -2.14. The van der Waals surface area contributed by atoms with Gasteiger partial charge in [0.2, 0.25) is 0 Å². The van der Waals surface area contributed by atoms with Gasteiger partial charge in [-0.3, -0.25) is 0 Å². The Morgan fingerprint density at radius 1 is 1.20 bits per heavy atom. The van der Waals surface area contributed by atoms with Crippen LogP contribution in [0.3, 0.4) is 0 Å². The molecule has 184 valence electrons. The van der Waals surface area contributed by atoms with Crippen LogP contribution >= 0.6 is 11.3 Å². The molecule has 0 saturated carbocycles. The lowest BCUT2D eigenvalue weighted by molar-refractivity contribution is 0.0698. The third-order valence-corrected chi connectivity index (χ3v) is 6.37. The highest BCUT2D eigenvalue weighted by molar-refractivity contribution is 7.17. The SMILES string of the molecule is CCOc1cc(-c2cc(NCCn3c(CC)nc4c(OC)cc(F)c(F)c43)ncn2)sc1C(=O)O. The number of rotatable bonds is 10. The number of anilines is 1. The third-order valence-electron chi connectivity index (χ3n) is 5.24. The number of aryl methyl sites for hydroxylation is 1. The summed E-state index contributed by atoms with van der Waals surface area (Å²) in [5, 5.41) is 12.6. The molecule has 3 heterocycles. The number of benzene rings is 1. The molecule has 0 aliphatic carbocycles. The van der Waals surface area contributed by atoms with Gasteiger partial charge in [-0.1, -0.05) is 6.92 Å². The molecule has 0 saturated heterocycles. The fourth-order valence-electron chi connectivity index (χ4n) is 3.72. The van der Waals surface area contributed by atoms with E-state index < -0.39 is 17.6 Å². The van der Waals surface area contributed by atoms with E-state index in [1.807, 2.05) is 6.92 Å². The molecule has 2 N–H and O–H groups in total. The van der Waals surface area contributed by atoms with Crippen LogP contribution in [-0.2, 0) is 13.0 Å². The number of ether oxygens (including phenoxy) is 2. The summed E-state index contributed by atoms with van der Waals surface area (Å²) in [4.78, 5) is 25.1. The molecule has 12 heteroatoms. The molecule has 0 spiro atoms. The van der Waals surface area contributed by atoms with E-state index in [-0.39, 0.29) is 27.4 Å². The van der Waals surface area contributed by atoms with Crippen molar-refractivity contribution in [2.45, 2.75) is 26.8 Å². The van der Waals surface area contributed by atoms with Crippen LogP contribution < -0.4 is 14.8 Å². The molecule has 1 aromatic carbocycles. The number of fused-ring (bicyclic) bond motifs is 1. The van der Waals surface area contributed by atoms with E-state index in [1.165, 1.54) is 13.4 Å². The van der Waals surface area contributed by atoms with E-state index in [4.69, 9.17) is 9.47 Å². The third kappa shape index (κ3) is 4.74. The Kier molecular flexibility index (Phi) is 7.10. The summed E-state index contributed by atoms with van der Waals surface area (Å²) in [7, 11) is 1.38. The predicted molar refractivity (Wildman–Crippen MR) is 128 cm³/mol. The minimum atomic E-state index is -1.07. The zero-order chi connectivity index (χ0) is 25.1. The fourth-order valence-corrected chi connectivity index (χ4v) is 4.62. The first-order chi connectivity index (χ1) is 16.9. The Morgan fingerprint density at radius 3 is 2.69 bits per heavy atom. The van der Waals surface area contributed by atoms with Gasteiger partial charge in [0.1, 0.15) is 40.5 Å². The molecule has 0 bridgehead atoms. The molecular formula is C23H23F2N5O4S. The van der Waals surface area contributed by atoms with Crippen LogP contribution in [0.5, 0.6) is 11.5 Å². The maximum atomic E-state index is 14.7. The van der Waals surface area contributed by atoms with E-state index in [9.17, 15) is 18.7 Å². The molecule has 0 aliphatic heterocycles. The fraction of sp³-hybridized carbons (Fsp3) is 0.304. The van der Waals surface area contributed by atoms with Crippen molar-refractivity contribution in [3.05, 3.63) is 46.9 Å². The van der Waals surface area contributed by atoms with Gasteiger partial charge in [-0.2, -0.15) is 0 Å². The second-order valence-electron chi connectivity index (χ2n) is 7.36. The number of hydrogen-bond donors (Lipinski definition) is 2. The van der Waals surface area contributed by atoms with Crippen LogP contribution in [0, 0.1) is 11.6 Å². The molecule has 0 amide bonds. The van der Waals surface area contributed by atoms with Gasteiger partial charge >= 0.3 is 5.97 Å². The van der Waals surface area contributed by atoms with Gasteiger partial charge in [0.15, 0.2) is 16.5 Å². The summed E-state index contributed by atoms with van der Waals surface area (Å²) < 4.78 is 41.0. The summed E-state index contributed by atoms with van der Waals surface area (Å²) in [5.41, 5.74) is 0.845. The van der Waals surface area contributed by atoms with E-state index in [0.717, 1.165) is 17.4 Å². The van der Waals surface area contributed by atoms with Crippen molar-refractivity contribution < 1.29 is 28.2 Å². The predicted octanol–water partition coefficient (Wildman–Crippen LogP) is 4.61. The number of aromatic nitrogens is 4. The number of hydrogen-bond acceptors (Lipinski definition) is 8. The summed E-state index contributed by atoms with van der Waals surface area (Å²) in [6.45, 7) is 4.62. The van der Waals surface area contributed by atoms with Crippen molar-refractivity contribution in [3.63, 3.8) is 0 Å². The van der Waals surface area contributed by atoms with Gasteiger partial charge in [0.05, 0.1) is 24.3 Å². The lowest BCUT2D eigenvalue weighted by Gasteiger charge is -2.11. The highest BCUT2D eigenvalue weighted by Gasteiger charge is 2.21. The van der Waals surface area contributed by atoms with Crippen LogP contribution in [0.2, 0.25) is 0 Å². The molecule has 0 aliphatic rings. The molecule has 4 rings (SSSR count). The first-order valence-electron chi connectivity index (χ1n) is 10.8. The normalized spacial score (nSPS) is 11.1. The van der Waals surface area contributed by atoms with Crippen molar-refractivity contribution in [2.24, 2.45) is 0 Å². The van der Waals surface area contributed by atoms with Gasteiger partial charge in [0.25, 0.3) is 0 Å². The van der Waals surface area contributed by atoms with Crippen LogP contribution in [0.15, 0.2) is 24.5 Å². The molecule has 0 atom stereocenters. The van der Waals surface area contributed by atoms with E-state index >= 15 is 0 Å². The Labute approximate surface area is 203 Å². The summed E-state index contributed by atoms with van der Waals surface area (Å²) in [5.74, 6) is -1.51. The zero-order valence-corrected chi connectivity index (χ0v) is 20.1. The largest absolute Gasteiger partial charge is 0.494 e. The van der Waals surface area contributed by atoms with Crippen LogP contribution in [0.25, 0.3) is 21.6 Å². The van der Waals surface area contributed by atoms with Crippen LogP contribution in [0.1, 0.15) is 29.3 Å². The summed E-state index contributed by atoms with van der Waals surface area (Å²) in [6, 6.07) is 4.31. The number of imidazole rings is 1. The molecule has 3 aromatic heterocycles. The van der Waals surface area contributed by atoms with E-state index in [0.29, 0.717) is 48.3 Å². The van der Waals surface area contributed by atoms with Gasteiger partial charge in [-0.05, 0) is 6.92 Å². The molecule has 35 heavy (non-hydrogen) atoms. The average molecular weight is 504 g/mol. The Bertz CT molecular complexity index is 1390. The Hall–Kier alpha value is -3.80. The van der Waals surface area contributed by atoms with Gasteiger partial charge < -0.3 is 24.5 Å². The molecule has 4 aromatic rings. The van der Waals surface area contributed by atoms with Gasteiger partial charge in [0, 0.05) is 37.7 Å². The smallest absolute Gasteiger partial charge is 0.349 e. The topological polar surface area (TPSA) is 111 Å². The van der Waals surface area contributed by atoms with E-state index in [2.05, 4.69) is 20.3 Å². The molecule has 0 unspecified atom stereocenters. The first-order valence-corrected chi connectivity index (χ1v) is 11.7. The Balaban J connectivity index is 1.57. The number of nitrogens with zero attached hydrogens (tertiary/aromatic N) is 4. The van der Waals surface area contributed by atoms with Crippen molar-refractivity contribution in [1.82, 2.24) is 19.5 Å². The molecule has 0 radical (unpaired) electrons. The number of methoxy groups -OCH3 is 1. The minimum Gasteiger partial charge on any atom is -0.494 e. The van der Waals surface area contributed by atoms with Crippen molar-refractivity contribution >= 4 is 34.2 Å². The lowest BCUT2D eigenvalue weighted by atomic mass is 10.2. The number of nitrogens with one attached hydrogen (secondary N) is 1. The van der Waals surface area contributed by atoms with Gasteiger partial charge in [-0.15, -0.1) is 11.3 Å². The summed E-state index contributed by atoms with van der Waals surface area (Å²) in [6.07, 6.45) is 1.88. The number of carbonyl (C=O) groups is 1. The number of halogens is 2. The monoisotopic (exact) mass is 503 g/mol. The molecular weight excluding hydrogens is 480 g/mol. The zero-order valence-electron chi connectivity index (χ0n) is 19.3. The maximum absolute atomic E-state index is 14.7. The number of carboxylic acid groups (broad SMARTS) is 1. The second-order valence-corrected chi connectivity index (χ2v) is 8.41. The van der Waals surface area contributed by atoms with Crippen molar-refractivity contribution in [3.8, 4) is 22.1 Å². The number of thiophene rings is 1. The standard InChI is InChI=1S/C23H23F2N5O4S/c1-4-18-29-20-14(33-3)8-12(24)19(25)21(20)30(18)7-6-26-17-9-13(27-11-28-17)16-10-15(34-5-2)22(35-16)23(31)32/h8-11H,4-7H2,1-3H3,(H,31,32)(H,26,27,28). The van der Waals surface area contributed by atoms with Crippen molar-refractivity contribution in [2.75, 3.05) is 25.6 Å². The first kappa shape index (κ1) is 24.3. The number of aromatic carboxylic acids is 1. The van der Waals surface area contributed by atoms with Gasteiger partial charge in [-0.25, -0.2) is 28.5 Å².